The van der Waals surface area contributed by atoms with Crippen molar-refractivity contribution in [3.63, 3.8) is 0 Å². The van der Waals surface area contributed by atoms with Crippen LogP contribution < -0.4 is 14.9 Å². The molecule has 7 nitrogen and oxygen atoms in total. The molecule has 9 heteroatoms. The van der Waals surface area contributed by atoms with Gasteiger partial charge in [0.25, 0.3) is 15.9 Å². The number of nitrogens with zero attached hydrogens (tertiary/aromatic N) is 1. The topological polar surface area (TPSA) is 96.9 Å². The maximum Gasteiger partial charge on any atom is 0.271 e. The molecule has 31 heavy (non-hydrogen) atoms. The SMILES string of the molecule is COc1ccccc1NS(=O)(=O)c1cccc(C(=O)N/N=C(\C)c2ccc(Cl)cc2)c1. The molecule has 0 atom stereocenters. The average Bonchev–Trinajstić information content (AvgIpc) is 2.78. The van der Waals surface area contributed by atoms with Crippen LogP contribution in [0.5, 0.6) is 5.75 Å². The number of carbonyl (C=O) groups excluding carboxylic acids is 1. The van der Waals surface area contributed by atoms with Crippen molar-refractivity contribution in [2.45, 2.75) is 11.8 Å². The minimum Gasteiger partial charge on any atom is -0.495 e. The molecule has 0 saturated carbocycles. The molecule has 3 rings (SSSR count). The van der Waals surface area contributed by atoms with Gasteiger partial charge in [0.2, 0.25) is 0 Å². The molecule has 2 N–H and O–H groups in total. The molecule has 3 aromatic rings. The lowest BCUT2D eigenvalue weighted by molar-refractivity contribution is 0.0954. The maximum atomic E-state index is 12.8. The number of anilines is 1. The van der Waals surface area contributed by atoms with Gasteiger partial charge in [0.05, 0.1) is 23.4 Å². The number of sulfonamides is 1. The highest BCUT2D eigenvalue weighted by molar-refractivity contribution is 7.92. The fourth-order valence-electron chi connectivity index (χ4n) is 2.69. The zero-order valence-electron chi connectivity index (χ0n) is 16.8. The minimum atomic E-state index is -3.94. The highest BCUT2D eigenvalue weighted by atomic mass is 35.5. The maximum absolute atomic E-state index is 12.8. The Morgan fingerprint density at radius 1 is 0.968 bits per heavy atom. The number of hydrogen-bond donors (Lipinski definition) is 2. The van der Waals surface area contributed by atoms with Crippen molar-refractivity contribution in [3.05, 3.63) is 88.9 Å². The summed E-state index contributed by atoms with van der Waals surface area (Å²) in [6, 6.07) is 19.3. The van der Waals surface area contributed by atoms with Crippen LogP contribution in [-0.2, 0) is 10.0 Å². The molecule has 0 aliphatic heterocycles. The number of ether oxygens (including phenoxy) is 1. The number of rotatable bonds is 7. The van der Waals surface area contributed by atoms with Crippen LogP contribution in [0.2, 0.25) is 5.02 Å². The first kappa shape index (κ1) is 22.3. The first-order valence-corrected chi connectivity index (χ1v) is 11.0. The molecule has 0 heterocycles. The van der Waals surface area contributed by atoms with Gasteiger partial charge in [-0.2, -0.15) is 5.10 Å². The van der Waals surface area contributed by atoms with Crippen molar-refractivity contribution >= 4 is 38.9 Å². The second-order valence-corrected chi connectivity index (χ2v) is 8.60. The van der Waals surface area contributed by atoms with Crippen LogP contribution in [0.15, 0.2) is 82.8 Å². The summed E-state index contributed by atoms with van der Waals surface area (Å²) in [4.78, 5) is 12.4. The van der Waals surface area contributed by atoms with Gasteiger partial charge in [-0.1, -0.05) is 41.9 Å². The Bertz CT molecular complexity index is 1230. The Labute approximate surface area is 185 Å². The quantitative estimate of drug-likeness (QED) is 0.408. The summed E-state index contributed by atoms with van der Waals surface area (Å²) < 4.78 is 33.2. The zero-order valence-corrected chi connectivity index (χ0v) is 18.4. The van der Waals surface area contributed by atoms with Gasteiger partial charge in [-0.05, 0) is 55.0 Å². The Morgan fingerprint density at radius 3 is 2.39 bits per heavy atom. The lowest BCUT2D eigenvalue weighted by Gasteiger charge is -2.12. The third-order valence-corrected chi connectivity index (χ3v) is 5.96. The number of hydrogen-bond acceptors (Lipinski definition) is 5. The van der Waals surface area contributed by atoms with E-state index < -0.39 is 15.9 Å². The second kappa shape index (κ2) is 9.63. The van der Waals surface area contributed by atoms with E-state index in [-0.39, 0.29) is 10.5 Å². The molecule has 0 unspecified atom stereocenters. The van der Waals surface area contributed by atoms with E-state index in [0.29, 0.717) is 22.2 Å². The molecule has 1 amide bonds. The highest BCUT2D eigenvalue weighted by Crippen LogP contribution is 2.26. The summed E-state index contributed by atoms with van der Waals surface area (Å²) in [6.07, 6.45) is 0. The van der Waals surface area contributed by atoms with Crippen LogP contribution in [0.4, 0.5) is 5.69 Å². The molecule has 0 aromatic heterocycles. The van der Waals surface area contributed by atoms with Crippen molar-refractivity contribution < 1.29 is 17.9 Å². The first-order chi connectivity index (χ1) is 14.8. The summed E-state index contributed by atoms with van der Waals surface area (Å²) in [5.41, 5.74) is 4.25. The zero-order chi connectivity index (χ0) is 22.4. The van der Waals surface area contributed by atoms with E-state index in [1.165, 1.54) is 31.4 Å². The monoisotopic (exact) mass is 457 g/mol. The Balaban J connectivity index is 1.78. The van der Waals surface area contributed by atoms with Gasteiger partial charge in [-0.3, -0.25) is 9.52 Å². The Morgan fingerprint density at radius 2 is 1.68 bits per heavy atom. The first-order valence-electron chi connectivity index (χ1n) is 9.16. The predicted octanol–water partition coefficient (Wildman–Crippen LogP) is 4.30. The number of amides is 1. The summed E-state index contributed by atoms with van der Waals surface area (Å²) in [5.74, 6) is -0.158. The van der Waals surface area contributed by atoms with Crippen molar-refractivity contribution in [3.8, 4) is 5.75 Å². The second-order valence-electron chi connectivity index (χ2n) is 6.48. The number of carbonyl (C=O) groups is 1. The lowest BCUT2D eigenvalue weighted by Crippen LogP contribution is -2.20. The van der Waals surface area contributed by atoms with E-state index in [1.807, 2.05) is 0 Å². The van der Waals surface area contributed by atoms with Gasteiger partial charge >= 0.3 is 0 Å². The van der Waals surface area contributed by atoms with Crippen LogP contribution in [0, 0.1) is 0 Å². The Kier molecular flexibility index (Phi) is 6.94. The fraction of sp³-hybridized carbons (Fsp3) is 0.0909. The molecule has 0 radical (unpaired) electrons. The van der Waals surface area contributed by atoms with Crippen LogP contribution in [-0.4, -0.2) is 27.1 Å². The van der Waals surface area contributed by atoms with Crippen molar-refractivity contribution in [1.82, 2.24) is 5.43 Å². The van der Waals surface area contributed by atoms with Crippen molar-refractivity contribution in [1.29, 1.82) is 0 Å². The van der Waals surface area contributed by atoms with E-state index >= 15 is 0 Å². The summed E-state index contributed by atoms with van der Waals surface area (Å²) in [6.45, 7) is 1.74. The molecule has 0 fully saturated rings. The van der Waals surface area contributed by atoms with Gasteiger partial charge in [0.1, 0.15) is 5.75 Å². The molecular formula is C22H20ClN3O4S. The number of para-hydroxylation sites is 2. The van der Waals surface area contributed by atoms with Crippen LogP contribution >= 0.6 is 11.6 Å². The molecule has 0 spiro atoms. The van der Waals surface area contributed by atoms with E-state index in [0.717, 1.165) is 5.56 Å². The van der Waals surface area contributed by atoms with Crippen molar-refractivity contribution in [2.24, 2.45) is 5.10 Å². The molecule has 0 aliphatic rings. The van der Waals surface area contributed by atoms with Gasteiger partial charge < -0.3 is 4.74 Å². The van der Waals surface area contributed by atoms with E-state index in [4.69, 9.17) is 16.3 Å². The van der Waals surface area contributed by atoms with Gasteiger partial charge in [-0.15, -0.1) is 0 Å². The summed E-state index contributed by atoms with van der Waals surface area (Å²) >= 11 is 5.87. The molecular weight excluding hydrogens is 438 g/mol. The third kappa shape index (κ3) is 5.62. The summed E-state index contributed by atoms with van der Waals surface area (Å²) in [5, 5.41) is 4.67. The number of nitrogens with one attached hydrogen (secondary N) is 2. The van der Waals surface area contributed by atoms with Crippen LogP contribution in [0.3, 0.4) is 0 Å². The molecule has 0 saturated heterocycles. The van der Waals surface area contributed by atoms with E-state index in [2.05, 4.69) is 15.2 Å². The fourth-order valence-corrected chi connectivity index (χ4v) is 3.93. The predicted molar refractivity (Wildman–Crippen MR) is 121 cm³/mol. The number of methoxy groups -OCH3 is 1. The van der Waals surface area contributed by atoms with E-state index in [9.17, 15) is 13.2 Å². The smallest absolute Gasteiger partial charge is 0.271 e. The lowest BCUT2D eigenvalue weighted by atomic mass is 10.1. The molecule has 0 bridgehead atoms. The largest absolute Gasteiger partial charge is 0.495 e. The molecule has 3 aromatic carbocycles. The summed E-state index contributed by atoms with van der Waals surface area (Å²) in [7, 11) is -2.49. The number of halogens is 1. The highest BCUT2D eigenvalue weighted by Gasteiger charge is 2.18. The minimum absolute atomic E-state index is 0.0653. The van der Waals surface area contributed by atoms with Gasteiger partial charge in [0.15, 0.2) is 0 Å². The van der Waals surface area contributed by atoms with Gasteiger partial charge in [0, 0.05) is 10.6 Å². The van der Waals surface area contributed by atoms with Crippen molar-refractivity contribution in [2.75, 3.05) is 11.8 Å². The van der Waals surface area contributed by atoms with E-state index in [1.54, 1.807) is 55.5 Å². The molecule has 160 valence electrons. The van der Waals surface area contributed by atoms with Crippen LogP contribution in [0.1, 0.15) is 22.8 Å². The third-order valence-electron chi connectivity index (χ3n) is 4.34. The number of benzene rings is 3. The molecule has 0 aliphatic carbocycles. The normalized spacial score (nSPS) is 11.6. The van der Waals surface area contributed by atoms with Crippen LogP contribution in [0.25, 0.3) is 0 Å². The van der Waals surface area contributed by atoms with Gasteiger partial charge in [-0.25, -0.2) is 13.8 Å². The standard InChI is InChI=1S/C22H20ClN3O4S/c1-15(16-10-12-18(23)13-11-16)24-25-22(27)17-6-5-7-19(14-17)31(28,29)26-20-8-3-4-9-21(20)30-2/h3-14,26H,1-2H3,(H,25,27)/b24-15+. The average molecular weight is 458 g/mol. The Hall–Kier alpha value is -3.36. The number of hydrazone groups is 1.